The lowest BCUT2D eigenvalue weighted by Gasteiger charge is -1.89. The first-order chi connectivity index (χ1) is 4.33. The van der Waals surface area contributed by atoms with Crippen LogP contribution in [-0.4, -0.2) is 7.11 Å². The molecule has 50 valence electrons. The molecule has 3 heteroatoms. The molecular weight excluding hydrogens is 134 g/mol. The van der Waals surface area contributed by atoms with Gasteiger partial charge in [0.05, 0.1) is 11.6 Å². The Morgan fingerprint density at radius 2 is 2.44 bits per heavy atom. The van der Waals surface area contributed by atoms with E-state index in [0.717, 1.165) is 5.00 Å². The highest BCUT2D eigenvalue weighted by Crippen LogP contribution is 2.18. The monoisotopic (exact) mass is 143 g/mol. The molecule has 0 spiro atoms. The van der Waals surface area contributed by atoms with Crippen molar-refractivity contribution in [2.24, 2.45) is 0 Å². The molecule has 1 heterocycles. The molecule has 0 amide bonds. The van der Waals surface area contributed by atoms with E-state index in [1.54, 1.807) is 18.4 Å². The summed E-state index contributed by atoms with van der Waals surface area (Å²) in [7, 11) is 1.68. The summed E-state index contributed by atoms with van der Waals surface area (Å²) in [5.74, 6) is 0. The summed E-state index contributed by atoms with van der Waals surface area (Å²) in [4.78, 5) is 1.18. The van der Waals surface area contributed by atoms with E-state index in [-0.39, 0.29) is 0 Å². The number of nitrogens with two attached hydrogens (primary N) is 1. The Labute approximate surface area is 58.3 Å². The van der Waals surface area contributed by atoms with Gasteiger partial charge in [0.1, 0.15) is 0 Å². The lowest BCUT2D eigenvalue weighted by atomic mass is 10.5. The van der Waals surface area contributed by atoms with Gasteiger partial charge in [-0.05, 0) is 12.1 Å². The smallest absolute Gasteiger partial charge is 0.0860 e. The van der Waals surface area contributed by atoms with Crippen LogP contribution in [0.1, 0.15) is 4.88 Å². The van der Waals surface area contributed by atoms with Gasteiger partial charge in [0.15, 0.2) is 0 Å². The van der Waals surface area contributed by atoms with Crippen molar-refractivity contribution >= 4 is 16.3 Å². The van der Waals surface area contributed by atoms with Crippen LogP contribution in [0.15, 0.2) is 12.1 Å². The van der Waals surface area contributed by atoms with E-state index in [4.69, 9.17) is 10.5 Å². The summed E-state index contributed by atoms with van der Waals surface area (Å²) in [6.07, 6.45) is 0. The van der Waals surface area contributed by atoms with Crippen molar-refractivity contribution in [2.45, 2.75) is 6.61 Å². The molecule has 2 nitrogen and oxygen atoms in total. The van der Waals surface area contributed by atoms with Crippen molar-refractivity contribution in [3.05, 3.63) is 17.0 Å². The van der Waals surface area contributed by atoms with Crippen LogP contribution in [-0.2, 0) is 11.3 Å². The highest BCUT2D eigenvalue weighted by Gasteiger charge is 1.93. The van der Waals surface area contributed by atoms with E-state index in [1.807, 2.05) is 12.1 Å². The van der Waals surface area contributed by atoms with Gasteiger partial charge in [-0.1, -0.05) is 0 Å². The quantitative estimate of drug-likeness (QED) is 0.680. The maximum absolute atomic E-state index is 5.47. The van der Waals surface area contributed by atoms with Crippen LogP contribution in [0.2, 0.25) is 0 Å². The third-order valence-electron chi connectivity index (χ3n) is 0.969. The normalized spacial score (nSPS) is 9.89. The van der Waals surface area contributed by atoms with Gasteiger partial charge in [0.25, 0.3) is 0 Å². The van der Waals surface area contributed by atoms with Gasteiger partial charge in [0.2, 0.25) is 0 Å². The maximum atomic E-state index is 5.47. The van der Waals surface area contributed by atoms with Crippen molar-refractivity contribution in [3.8, 4) is 0 Å². The molecule has 0 saturated carbocycles. The third kappa shape index (κ3) is 1.69. The molecule has 0 unspecified atom stereocenters. The number of thiophene rings is 1. The Hall–Kier alpha value is -0.540. The topological polar surface area (TPSA) is 35.2 Å². The minimum atomic E-state index is 0.669. The second-order valence-corrected chi connectivity index (χ2v) is 2.94. The Balaban J connectivity index is 2.61. The molecule has 0 aliphatic heterocycles. The highest BCUT2D eigenvalue weighted by atomic mass is 32.1. The van der Waals surface area contributed by atoms with Gasteiger partial charge in [-0.25, -0.2) is 0 Å². The lowest BCUT2D eigenvalue weighted by Crippen LogP contribution is -1.79. The van der Waals surface area contributed by atoms with Gasteiger partial charge in [-0.2, -0.15) is 0 Å². The molecule has 0 radical (unpaired) electrons. The zero-order chi connectivity index (χ0) is 6.69. The van der Waals surface area contributed by atoms with E-state index < -0.39 is 0 Å². The Morgan fingerprint density at radius 1 is 1.67 bits per heavy atom. The van der Waals surface area contributed by atoms with E-state index in [1.165, 1.54) is 4.88 Å². The van der Waals surface area contributed by atoms with Crippen LogP contribution in [0.25, 0.3) is 0 Å². The van der Waals surface area contributed by atoms with Crippen LogP contribution in [0.4, 0.5) is 5.00 Å². The number of anilines is 1. The molecule has 0 aromatic carbocycles. The fourth-order valence-electron chi connectivity index (χ4n) is 0.614. The SMILES string of the molecule is COCc1ccc(N)s1. The number of methoxy groups -OCH3 is 1. The van der Waals surface area contributed by atoms with Crippen molar-refractivity contribution in [1.29, 1.82) is 0 Å². The summed E-state index contributed by atoms with van der Waals surface area (Å²) >= 11 is 1.57. The molecule has 2 N–H and O–H groups in total. The van der Waals surface area contributed by atoms with E-state index in [9.17, 15) is 0 Å². The Morgan fingerprint density at radius 3 is 2.89 bits per heavy atom. The van der Waals surface area contributed by atoms with Gasteiger partial charge < -0.3 is 10.5 Å². The van der Waals surface area contributed by atoms with Crippen LogP contribution >= 0.6 is 11.3 Å². The first kappa shape index (κ1) is 6.58. The summed E-state index contributed by atoms with van der Waals surface area (Å²) in [6.45, 7) is 0.669. The summed E-state index contributed by atoms with van der Waals surface area (Å²) in [6, 6.07) is 3.86. The van der Waals surface area contributed by atoms with Crippen molar-refractivity contribution < 1.29 is 4.74 Å². The minimum Gasteiger partial charge on any atom is -0.391 e. The number of ether oxygens (including phenoxy) is 1. The Kier molecular flexibility index (Phi) is 2.08. The molecule has 0 fully saturated rings. The first-order valence-electron chi connectivity index (χ1n) is 2.66. The van der Waals surface area contributed by atoms with E-state index >= 15 is 0 Å². The predicted octanol–water partition coefficient (Wildman–Crippen LogP) is 1.48. The molecule has 0 atom stereocenters. The molecule has 1 aromatic rings. The average Bonchev–Trinajstić information content (AvgIpc) is 2.17. The predicted molar refractivity (Wildman–Crippen MR) is 39.4 cm³/mol. The number of rotatable bonds is 2. The second kappa shape index (κ2) is 2.85. The average molecular weight is 143 g/mol. The first-order valence-corrected chi connectivity index (χ1v) is 3.47. The third-order valence-corrected chi connectivity index (χ3v) is 1.86. The molecule has 9 heavy (non-hydrogen) atoms. The summed E-state index contributed by atoms with van der Waals surface area (Å²) < 4.78 is 4.90. The van der Waals surface area contributed by atoms with Crippen LogP contribution < -0.4 is 5.73 Å². The standard InChI is InChI=1S/C6H9NOS/c1-8-4-5-2-3-6(7)9-5/h2-3H,4,7H2,1H3. The zero-order valence-electron chi connectivity index (χ0n) is 5.26. The minimum absolute atomic E-state index is 0.669. The molecule has 0 aliphatic rings. The number of hydrogen-bond acceptors (Lipinski definition) is 3. The van der Waals surface area contributed by atoms with E-state index in [2.05, 4.69) is 0 Å². The van der Waals surface area contributed by atoms with Gasteiger partial charge in [-0.3, -0.25) is 0 Å². The summed E-state index contributed by atoms with van der Waals surface area (Å²) in [5, 5.41) is 0.849. The zero-order valence-corrected chi connectivity index (χ0v) is 6.07. The molecular formula is C6H9NOS. The van der Waals surface area contributed by atoms with E-state index in [0.29, 0.717) is 6.61 Å². The maximum Gasteiger partial charge on any atom is 0.0860 e. The highest BCUT2D eigenvalue weighted by molar-refractivity contribution is 7.15. The molecule has 1 aromatic heterocycles. The van der Waals surface area contributed by atoms with Crippen molar-refractivity contribution in [1.82, 2.24) is 0 Å². The van der Waals surface area contributed by atoms with Gasteiger partial charge in [0, 0.05) is 12.0 Å². The molecule has 0 saturated heterocycles. The lowest BCUT2D eigenvalue weighted by molar-refractivity contribution is 0.187. The van der Waals surface area contributed by atoms with Crippen molar-refractivity contribution in [2.75, 3.05) is 12.8 Å². The fourth-order valence-corrected chi connectivity index (χ4v) is 1.37. The largest absolute Gasteiger partial charge is 0.391 e. The number of hydrogen-bond donors (Lipinski definition) is 1. The summed E-state index contributed by atoms with van der Waals surface area (Å²) in [5.41, 5.74) is 5.47. The molecule has 1 rings (SSSR count). The van der Waals surface area contributed by atoms with Crippen LogP contribution in [0.3, 0.4) is 0 Å². The molecule has 0 aliphatic carbocycles. The van der Waals surface area contributed by atoms with Gasteiger partial charge >= 0.3 is 0 Å². The molecule has 0 bridgehead atoms. The second-order valence-electron chi connectivity index (χ2n) is 1.74. The number of nitrogen functional groups attached to an aromatic ring is 1. The van der Waals surface area contributed by atoms with Crippen LogP contribution in [0.5, 0.6) is 0 Å². The van der Waals surface area contributed by atoms with Crippen molar-refractivity contribution in [3.63, 3.8) is 0 Å². The fraction of sp³-hybridized carbons (Fsp3) is 0.333. The van der Waals surface area contributed by atoms with Crippen LogP contribution in [0, 0.1) is 0 Å². The Bertz CT molecular complexity index is 185. The van der Waals surface area contributed by atoms with Gasteiger partial charge in [-0.15, -0.1) is 11.3 Å².